The van der Waals surface area contributed by atoms with Gasteiger partial charge in [-0.05, 0) is 19.5 Å². The number of hydrogen-bond donors (Lipinski definition) is 3. The van der Waals surface area contributed by atoms with Crippen molar-refractivity contribution in [3.05, 3.63) is 17.5 Å². The second-order valence-corrected chi connectivity index (χ2v) is 3.42. The molecule has 1 aromatic rings. The highest BCUT2D eigenvalue weighted by atomic mass is 35.5. The highest BCUT2D eigenvalue weighted by Gasteiger charge is 2.04. The number of aromatic nitrogens is 2. The first kappa shape index (κ1) is 14.9. The van der Waals surface area contributed by atoms with E-state index in [1.807, 2.05) is 19.9 Å². The molecular formula is C10H19ClN4O. The van der Waals surface area contributed by atoms with Crippen molar-refractivity contribution in [1.29, 1.82) is 0 Å². The zero-order valence-corrected chi connectivity index (χ0v) is 10.5. The van der Waals surface area contributed by atoms with E-state index in [2.05, 4.69) is 20.8 Å². The first-order valence-corrected chi connectivity index (χ1v) is 5.20. The number of nitrogens with zero attached hydrogens (tertiary/aromatic N) is 1. The average Bonchev–Trinajstić information content (AvgIpc) is 2.59. The number of carbonyl (C=O) groups excluding carboxylic acids is 1. The second kappa shape index (κ2) is 8.13. The summed E-state index contributed by atoms with van der Waals surface area (Å²) < 4.78 is 0. The third kappa shape index (κ3) is 5.72. The smallest absolute Gasteiger partial charge is 0.226 e. The summed E-state index contributed by atoms with van der Waals surface area (Å²) in [7, 11) is 0. The lowest BCUT2D eigenvalue weighted by Gasteiger charge is -2.03. The van der Waals surface area contributed by atoms with E-state index in [1.54, 1.807) is 0 Å². The second-order valence-electron chi connectivity index (χ2n) is 3.42. The number of halogens is 1. The lowest BCUT2D eigenvalue weighted by Crippen LogP contribution is -2.32. The Morgan fingerprint density at radius 3 is 2.81 bits per heavy atom. The van der Waals surface area contributed by atoms with Gasteiger partial charge in [-0.2, -0.15) is 5.10 Å². The van der Waals surface area contributed by atoms with E-state index in [1.165, 1.54) is 0 Å². The van der Waals surface area contributed by atoms with Gasteiger partial charge in [0.25, 0.3) is 0 Å². The van der Waals surface area contributed by atoms with Gasteiger partial charge in [0.15, 0.2) is 0 Å². The summed E-state index contributed by atoms with van der Waals surface area (Å²) in [5, 5.41) is 12.8. The summed E-state index contributed by atoms with van der Waals surface area (Å²) in [5.41, 5.74) is 1.76. The maximum atomic E-state index is 11.4. The molecule has 5 nitrogen and oxygen atoms in total. The van der Waals surface area contributed by atoms with Crippen molar-refractivity contribution in [3.8, 4) is 0 Å². The zero-order chi connectivity index (χ0) is 11.1. The molecule has 1 heterocycles. The van der Waals surface area contributed by atoms with E-state index in [0.29, 0.717) is 13.0 Å². The monoisotopic (exact) mass is 246 g/mol. The molecule has 0 saturated heterocycles. The molecule has 3 N–H and O–H groups in total. The van der Waals surface area contributed by atoms with Crippen LogP contribution in [0, 0.1) is 6.92 Å². The van der Waals surface area contributed by atoms with Crippen molar-refractivity contribution in [2.45, 2.75) is 20.3 Å². The van der Waals surface area contributed by atoms with E-state index in [9.17, 15) is 4.79 Å². The van der Waals surface area contributed by atoms with E-state index in [0.717, 1.165) is 24.5 Å². The molecule has 0 aromatic carbocycles. The van der Waals surface area contributed by atoms with Crippen LogP contribution in [0.4, 0.5) is 0 Å². The Bertz CT molecular complexity index is 314. The van der Waals surface area contributed by atoms with Gasteiger partial charge in [-0.15, -0.1) is 12.4 Å². The van der Waals surface area contributed by atoms with Crippen LogP contribution in [0.25, 0.3) is 0 Å². The Hall–Kier alpha value is -1.07. The first-order valence-electron chi connectivity index (χ1n) is 5.20. The molecular weight excluding hydrogens is 228 g/mol. The third-order valence-electron chi connectivity index (χ3n) is 1.97. The van der Waals surface area contributed by atoms with Gasteiger partial charge in [0, 0.05) is 18.8 Å². The van der Waals surface area contributed by atoms with Gasteiger partial charge >= 0.3 is 0 Å². The van der Waals surface area contributed by atoms with Crippen molar-refractivity contribution < 1.29 is 4.79 Å². The van der Waals surface area contributed by atoms with Crippen LogP contribution in [0.1, 0.15) is 18.3 Å². The van der Waals surface area contributed by atoms with Gasteiger partial charge in [-0.25, -0.2) is 0 Å². The maximum Gasteiger partial charge on any atom is 0.226 e. The number of H-pyrrole nitrogens is 1. The summed E-state index contributed by atoms with van der Waals surface area (Å²) in [6.45, 7) is 6.35. The van der Waals surface area contributed by atoms with Crippen LogP contribution in [-0.2, 0) is 11.2 Å². The van der Waals surface area contributed by atoms with Crippen LogP contribution in [-0.4, -0.2) is 35.7 Å². The SMILES string of the molecule is CCNCCNC(=O)Cc1cc(C)[nH]n1.Cl. The van der Waals surface area contributed by atoms with Crippen LogP contribution in [0.15, 0.2) is 6.07 Å². The number of carbonyl (C=O) groups is 1. The van der Waals surface area contributed by atoms with E-state index < -0.39 is 0 Å². The fourth-order valence-electron chi connectivity index (χ4n) is 1.26. The summed E-state index contributed by atoms with van der Waals surface area (Å²) in [6, 6.07) is 1.88. The number of aryl methyl sites for hydroxylation is 1. The van der Waals surface area contributed by atoms with Crippen LogP contribution in [0.3, 0.4) is 0 Å². The average molecular weight is 247 g/mol. The zero-order valence-electron chi connectivity index (χ0n) is 9.67. The molecule has 0 aliphatic rings. The Morgan fingerprint density at radius 1 is 1.50 bits per heavy atom. The molecule has 1 rings (SSSR count). The van der Waals surface area contributed by atoms with Gasteiger partial charge < -0.3 is 10.6 Å². The van der Waals surface area contributed by atoms with Crippen molar-refractivity contribution in [2.75, 3.05) is 19.6 Å². The van der Waals surface area contributed by atoms with Crippen molar-refractivity contribution in [2.24, 2.45) is 0 Å². The quantitative estimate of drug-likeness (QED) is 0.637. The fourth-order valence-corrected chi connectivity index (χ4v) is 1.26. The summed E-state index contributed by atoms with van der Waals surface area (Å²) >= 11 is 0. The Morgan fingerprint density at radius 2 is 2.25 bits per heavy atom. The molecule has 0 aliphatic heterocycles. The molecule has 92 valence electrons. The molecule has 0 saturated carbocycles. The topological polar surface area (TPSA) is 69.8 Å². The molecule has 0 aliphatic carbocycles. The van der Waals surface area contributed by atoms with Crippen LogP contribution >= 0.6 is 12.4 Å². The number of nitrogens with one attached hydrogen (secondary N) is 3. The molecule has 0 spiro atoms. The molecule has 0 radical (unpaired) electrons. The minimum Gasteiger partial charge on any atom is -0.354 e. The summed E-state index contributed by atoms with van der Waals surface area (Å²) in [6.07, 6.45) is 0.344. The highest BCUT2D eigenvalue weighted by molar-refractivity contribution is 5.85. The van der Waals surface area contributed by atoms with Crippen molar-refractivity contribution >= 4 is 18.3 Å². The van der Waals surface area contributed by atoms with E-state index in [-0.39, 0.29) is 18.3 Å². The van der Waals surface area contributed by atoms with Crippen LogP contribution in [0.5, 0.6) is 0 Å². The normalized spacial score (nSPS) is 9.62. The van der Waals surface area contributed by atoms with Crippen LogP contribution < -0.4 is 10.6 Å². The number of amides is 1. The van der Waals surface area contributed by atoms with Gasteiger partial charge in [-0.1, -0.05) is 6.92 Å². The first-order chi connectivity index (χ1) is 7.22. The number of aromatic amines is 1. The van der Waals surface area contributed by atoms with Crippen molar-refractivity contribution in [3.63, 3.8) is 0 Å². The maximum absolute atomic E-state index is 11.4. The van der Waals surface area contributed by atoms with Gasteiger partial charge in [0.05, 0.1) is 12.1 Å². The van der Waals surface area contributed by atoms with Gasteiger partial charge in [0.2, 0.25) is 5.91 Å². The van der Waals surface area contributed by atoms with Crippen LogP contribution in [0.2, 0.25) is 0 Å². The Labute approximate surface area is 102 Å². The molecule has 0 fully saturated rings. The number of hydrogen-bond acceptors (Lipinski definition) is 3. The fraction of sp³-hybridized carbons (Fsp3) is 0.600. The molecule has 16 heavy (non-hydrogen) atoms. The lowest BCUT2D eigenvalue weighted by molar-refractivity contribution is -0.120. The molecule has 0 bridgehead atoms. The van der Waals surface area contributed by atoms with Crippen molar-refractivity contribution in [1.82, 2.24) is 20.8 Å². The Kier molecular flexibility index (Phi) is 7.58. The molecule has 0 unspecified atom stereocenters. The van der Waals surface area contributed by atoms with E-state index in [4.69, 9.17) is 0 Å². The predicted octanol–water partition coefficient (Wildman–Crippen LogP) is 0.408. The molecule has 1 amide bonds. The minimum absolute atomic E-state index is 0. The highest BCUT2D eigenvalue weighted by Crippen LogP contribution is 1.97. The summed E-state index contributed by atoms with van der Waals surface area (Å²) in [5.74, 6) is 0.0133. The third-order valence-corrected chi connectivity index (χ3v) is 1.97. The molecule has 0 atom stereocenters. The largest absolute Gasteiger partial charge is 0.354 e. The molecule has 6 heteroatoms. The minimum atomic E-state index is 0. The number of likely N-dealkylation sites (N-methyl/N-ethyl adjacent to an activating group) is 1. The molecule has 1 aromatic heterocycles. The van der Waals surface area contributed by atoms with Gasteiger partial charge in [-0.3, -0.25) is 9.89 Å². The van der Waals surface area contributed by atoms with Gasteiger partial charge in [0.1, 0.15) is 0 Å². The predicted molar refractivity (Wildman–Crippen MR) is 65.8 cm³/mol. The summed E-state index contributed by atoms with van der Waals surface area (Å²) in [4.78, 5) is 11.4. The Balaban J connectivity index is 0.00000225. The lowest BCUT2D eigenvalue weighted by atomic mass is 10.3. The van der Waals surface area contributed by atoms with E-state index >= 15 is 0 Å². The number of rotatable bonds is 6. The standard InChI is InChI=1S/C10H18N4O.ClH/c1-3-11-4-5-12-10(15)7-9-6-8(2)13-14-9;/h6,11H,3-5,7H2,1-2H3,(H,12,15)(H,13,14);1H.